The van der Waals surface area contributed by atoms with Crippen molar-refractivity contribution in [1.29, 1.82) is 0 Å². The molecular formula is C10H14OP+. The Morgan fingerprint density at radius 2 is 1.58 bits per heavy atom. The van der Waals surface area contributed by atoms with Gasteiger partial charge in [0.05, 0.1) is 0 Å². The van der Waals surface area contributed by atoms with E-state index in [1.165, 1.54) is 0 Å². The van der Waals surface area contributed by atoms with E-state index in [2.05, 4.69) is 0 Å². The maximum atomic E-state index is 11.8. The summed E-state index contributed by atoms with van der Waals surface area (Å²) in [5.74, 6) is 0. The van der Waals surface area contributed by atoms with Crippen molar-refractivity contribution in [3.05, 3.63) is 30.3 Å². The van der Waals surface area contributed by atoms with Gasteiger partial charge in [-0.25, -0.2) is 0 Å². The molecular weight excluding hydrogens is 167 g/mol. The number of hydrogen-bond acceptors (Lipinski definition) is 1. The summed E-state index contributed by atoms with van der Waals surface area (Å²) in [6, 6.07) is 9.63. The monoisotopic (exact) mass is 181 g/mol. The molecule has 1 unspecified atom stereocenters. The van der Waals surface area contributed by atoms with E-state index in [0.717, 1.165) is 5.30 Å². The van der Waals surface area contributed by atoms with Gasteiger partial charge in [0, 0.05) is 0 Å². The molecule has 0 saturated heterocycles. The van der Waals surface area contributed by atoms with Crippen molar-refractivity contribution in [2.75, 3.05) is 0 Å². The van der Waals surface area contributed by atoms with Crippen LogP contribution in [0.2, 0.25) is 0 Å². The second kappa shape index (κ2) is 3.37. The highest BCUT2D eigenvalue weighted by Crippen LogP contribution is 2.36. The van der Waals surface area contributed by atoms with Crippen LogP contribution in [0.4, 0.5) is 0 Å². The van der Waals surface area contributed by atoms with Crippen molar-refractivity contribution in [2.45, 2.75) is 25.9 Å². The van der Waals surface area contributed by atoms with Gasteiger partial charge in [0.2, 0.25) is 0 Å². The topological polar surface area (TPSA) is 17.1 Å². The zero-order chi connectivity index (χ0) is 9.19. The lowest BCUT2D eigenvalue weighted by Gasteiger charge is -2.03. The summed E-state index contributed by atoms with van der Waals surface area (Å²) < 4.78 is 11.8. The van der Waals surface area contributed by atoms with Gasteiger partial charge in [-0.1, -0.05) is 22.8 Å². The van der Waals surface area contributed by atoms with Gasteiger partial charge in [0.15, 0.2) is 10.5 Å². The maximum Gasteiger partial charge on any atom is 0.382 e. The van der Waals surface area contributed by atoms with Crippen LogP contribution in [0.1, 0.15) is 20.8 Å². The second-order valence-electron chi connectivity index (χ2n) is 3.80. The quantitative estimate of drug-likeness (QED) is 0.609. The van der Waals surface area contributed by atoms with Gasteiger partial charge in [0.25, 0.3) is 0 Å². The molecule has 0 N–H and O–H groups in total. The van der Waals surface area contributed by atoms with Crippen molar-refractivity contribution < 1.29 is 4.57 Å². The normalized spacial score (nSPS) is 12.8. The summed E-state index contributed by atoms with van der Waals surface area (Å²) in [6.45, 7) is 6.00. The lowest BCUT2D eigenvalue weighted by atomic mass is 10.3. The molecule has 1 aromatic carbocycles. The fourth-order valence-electron chi connectivity index (χ4n) is 0.951. The summed E-state index contributed by atoms with van der Waals surface area (Å²) in [5.41, 5.74) is 0. The fourth-order valence-corrected chi connectivity index (χ4v) is 2.17. The SMILES string of the molecule is CC(C)(C)[P+](=O)c1ccccc1. The van der Waals surface area contributed by atoms with E-state index in [1.54, 1.807) is 0 Å². The number of rotatable bonds is 1. The standard InChI is InChI=1S/C10H14OP/c1-10(2,3)12(11)9-7-5-4-6-8-9/h4-8H,1-3H3/q+1. The third-order valence-corrected chi connectivity index (χ3v) is 3.59. The van der Waals surface area contributed by atoms with E-state index in [4.69, 9.17) is 0 Å². The molecule has 0 aromatic heterocycles. The van der Waals surface area contributed by atoms with Crippen LogP contribution in [0.15, 0.2) is 30.3 Å². The van der Waals surface area contributed by atoms with Crippen LogP contribution in [-0.4, -0.2) is 5.16 Å². The Kier molecular flexibility index (Phi) is 2.64. The van der Waals surface area contributed by atoms with E-state index in [9.17, 15) is 4.57 Å². The molecule has 0 bridgehead atoms. The first kappa shape index (κ1) is 9.41. The Hall–Kier alpha value is -0.680. The molecule has 0 aliphatic carbocycles. The summed E-state index contributed by atoms with van der Waals surface area (Å²) in [6.07, 6.45) is 0. The van der Waals surface area contributed by atoms with Gasteiger partial charge < -0.3 is 0 Å². The van der Waals surface area contributed by atoms with Gasteiger partial charge in [-0.3, -0.25) is 0 Å². The van der Waals surface area contributed by atoms with Gasteiger partial charge in [0.1, 0.15) is 0 Å². The lowest BCUT2D eigenvalue weighted by molar-refractivity contribution is 0.572. The van der Waals surface area contributed by atoms with Crippen molar-refractivity contribution in [2.24, 2.45) is 0 Å². The van der Waals surface area contributed by atoms with Crippen LogP contribution in [-0.2, 0) is 4.57 Å². The molecule has 1 aromatic rings. The van der Waals surface area contributed by atoms with Crippen LogP contribution in [0.25, 0.3) is 0 Å². The summed E-state index contributed by atoms with van der Waals surface area (Å²) in [5, 5.41) is 0.816. The molecule has 0 amide bonds. The molecule has 2 heteroatoms. The predicted molar refractivity (Wildman–Crippen MR) is 53.4 cm³/mol. The number of hydrogen-bond donors (Lipinski definition) is 0. The first-order chi connectivity index (χ1) is 5.52. The zero-order valence-corrected chi connectivity index (χ0v) is 8.64. The van der Waals surface area contributed by atoms with E-state index >= 15 is 0 Å². The Bertz CT molecular complexity index is 272. The minimum absolute atomic E-state index is 0.128. The van der Waals surface area contributed by atoms with Crippen molar-refractivity contribution in [3.63, 3.8) is 0 Å². The van der Waals surface area contributed by atoms with E-state index in [1.807, 2.05) is 51.1 Å². The van der Waals surface area contributed by atoms with Crippen molar-refractivity contribution >= 4 is 13.1 Å². The van der Waals surface area contributed by atoms with E-state index in [0.29, 0.717) is 0 Å². The molecule has 1 rings (SSSR count). The Morgan fingerprint density at radius 1 is 1.08 bits per heavy atom. The molecule has 0 aliphatic rings. The molecule has 1 nitrogen and oxygen atoms in total. The first-order valence-electron chi connectivity index (χ1n) is 4.04. The van der Waals surface area contributed by atoms with Crippen LogP contribution < -0.4 is 5.30 Å². The Morgan fingerprint density at radius 3 is 2.00 bits per heavy atom. The average Bonchev–Trinajstić information content (AvgIpc) is 2.03. The van der Waals surface area contributed by atoms with E-state index in [-0.39, 0.29) is 5.16 Å². The van der Waals surface area contributed by atoms with Crippen molar-refractivity contribution in [3.8, 4) is 0 Å². The highest BCUT2D eigenvalue weighted by Gasteiger charge is 2.35. The summed E-state index contributed by atoms with van der Waals surface area (Å²) in [7, 11) is -1.27. The van der Waals surface area contributed by atoms with Crippen LogP contribution in [0, 0.1) is 0 Å². The molecule has 0 saturated carbocycles. The highest BCUT2D eigenvalue weighted by molar-refractivity contribution is 7.55. The maximum absolute atomic E-state index is 11.8. The summed E-state index contributed by atoms with van der Waals surface area (Å²) in [4.78, 5) is 0. The highest BCUT2D eigenvalue weighted by atomic mass is 31.1. The van der Waals surface area contributed by atoms with Gasteiger partial charge in [-0.15, -0.1) is 0 Å². The van der Waals surface area contributed by atoms with Gasteiger partial charge in [-0.05, 0) is 32.9 Å². The Labute approximate surface area is 74.6 Å². The molecule has 0 aliphatic heterocycles. The number of benzene rings is 1. The summed E-state index contributed by atoms with van der Waals surface area (Å²) >= 11 is 0. The molecule has 12 heavy (non-hydrogen) atoms. The second-order valence-corrected chi connectivity index (χ2v) is 6.25. The Balaban J connectivity index is 2.94. The van der Waals surface area contributed by atoms with Gasteiger partial charge in [-0.2, -0.15) is 0 Å². The average molecular weight is 181 g/mol. The van der Waals surface area contributed by atoms with Crippen LogP contribution in [0.3, 0.4) is 0 Å². The largest absolute Gasteiger partial charge is 0.382 e. The van der Waals surface area contributed by atoms with Gasteiger partial charge >= 0.3 is 7.80 Å². The predicted octanol–water partition coefficient (Wildman–Crippen LogP) is 2.94. The van der Waals surface area contributed by atoms with Crippen LogP contribution >= 0.6 is 7.80 Å². The molecule has 0 heterocycles. The molecule has 0 radical (unpaired) electrons. The molecule has 1 atom stereocenters. The fraction of sp³-hybridized carbons (Fsp3) is 0.400. The smallest absolute Gasteiger partial charge is 0.0675 e. The molecule has 64 valence electrons. The minimum Gasteiger partial charge on any atom is -0.0675 e. The van der Waals surface area contributed by atoms with E-state index < -0.39 is 7.80 Å². The molecule has 0 spiro atoms. The van der Waals surface area contributed by atoms with Crippen molar-refractivity contribution in [1.82, 2.24) is 0 Å². The third-order valence-electron chi connectivity index (χ3n) is 1.60. The molecule has 0 fully saturated rings. The minimum atomic E-state index is -1.27. The first-order valence-corrected chi connectivity index (χ1v) is 5.30. The zero-order valence-electron chi connectivity index (χ0n) is 7.74. The lowest BCUT2D eigenvalue weighted by Crippen LogP contribution is -2.13. The third kappa shape index (κ3) is 2.15. The van der Waals surface area contributed by atoms with Crippen LogP contribution in [0.5, 0.6) is 0 Å².